The first-order valence-electron chi connectivity index (χ1n) is 16.4. The van der Waals surface area contributed by atoms with E-state index in [0.717, 1.165) is 18.3 Å². The van der Waals surface area contributed by atoms with Crippen molar-refractivity contribution < 1.29 is 0 Å². The highest BCUT2D eigenvalue weighted by Crippen LogP contribution is 2.52. The van der Waals surface area contributed by atoms with Crippen LogP contribution in [-0.2, 0) is 5.41 Å². The molecule has 0 radical (unpaired) electrons. The lowest BCUT2D eigenvalue weighted by molar-refractivity contribution is 0.443. The summed E-state index contributed by atoms with van der Waals surface area (Å²) in [6.07, 6.45) is 14.7. The quantitative estimate of drug-likeness (QED) is 0.235. The molecule has 0 heterocycles. The van der Waals surface area contributed by atoms with Crippen LogP contribution in [0.25, 0.3) is 11.1 Å². The summed E-state index contributed by atoms with van der Waals surface area (Å²) in [4.78, 5) is 2.49. The molecule has 2 saturated carbocycles. The summed E-state index contributed by atoms with van der Waals surface area (Å²) < 4.78 is 0. The van der Waals surface area contributed by atoms with Crippen LogP contribution in [0, 0.1) is 0 Å². The lowest BCUT2D eigenvalue weighted by Gasteiger charge is -2.30. The molecule has 0 aromatic heterocycles. The first-order valence-corrected chi connectivity index (χ1v) is 16.4. The topological polar surface area (TPSA) is 3.24 Å². The van der Waals surface area contributed by atoms with Gasteiger partial charge in [0.2, 0.25) is 0 Å². The molecule has 2 fully saturated rings. The average molecular weight is 540 g/mol. The van der Waals surface area contributed by atoms with Crippen molar-refractivity contribution >= 4 is 17.1 Å². The van der Waals surface area contributed by atoms with E-state index in [-0.39, 0.29) is 5.41 Å². The Hall–Kier alpha value is -3.32. The second-order valence-corrected chi connectivity index (χ2v) is 13.1. The van der Waals surface area contributed by atoms with E-state index in [1.165, 1.54) is 115 Å². The SMILES string of the molecule is CCC1(C)c2ccccc2-c2ccc(N(c3ccc(C4CCCCC4)cc3)c3ccc(C4CCCCC4)cc3)cc21. The van der Waals surface area contributed by atoms with Crippen LogP contribution < -0.4 is 4.90 Å². The summed E-state index contributed by atoms with van der Waals surface area (Å²) in [7, 11) is 0. The van der Waals surface area contributed by atoms with Gasteiger partial charge in [-0.2, -0.15) is 0 Å². The second kappa shape index (κ2) is 11.2. The Kier molecular flexibility index (Phi) is 7.23. The Balaban J connectivity index is 1.29. The molecule has 1 nitrogen and oxygen atoms in total. The zero-order valence-electron chi connectivity index (χ0n) is 25.0. The molecule has 0 N–H and O–H groups in total. The molecular weight excluding hydrogens is 494 g/mol. The van der Waals surface area contributed by atoms with Gasteiger partial charge in [0, 0.05) is 22.5 Å². The molecule has 0 spiro atoms. The molecule has 3 aliphatic rings. The average Bonchev–Trinajstić information content (AvgIpc) is 3.31. The molecule has 0 aliphatic heterocycles. The van der Waals surface area contributed by atoms with Crippen LogP contribution in [0.15, 0.2) is 91.0 Å². The minimum Gasteiger partial charge on any atom is -0.310 e. The van der Waals surface area contributed by atoms with Crippen LogP contribution >= 0.6 is 0 Å². The van der Waals surface area contributed by atoms with Gasteiger partial charge in [0.25, 0.3) is 0 Å². The van der Waals surface area contributed by atoms with Crippen LogP contribution in [-0.4, -0.2) is 0 Å². The minimum absolute atomic E-state index is 0.0310. The lowest BCUT2D eigenvalue weighted by Crippen LogP contribution is -2.20. The van der Waals surface area contributed by atoms with E-state index < -0.39 is 0 Å². The Labute approximate surface area is 247 Å². The number of hydrogen-bond acceptors (Lipinski definition) is 1. The summed E-state index contributed by atoms with van der Waals surface area (Å²) in [6, 6.07) is 35.4. The van der Waals surface area contributed by atoms with Crippen molar-refractivity contribution in [3.63, 3.8) is 0 Å². The highest BCUT2D eigenvalue weighted by molar-refractivity contribution is 5.85. The third-order valence-corrected chi connectivity index (χ3v) is 10.8. The van der Waals surface area contributed by atoms with Crippen LogP contribution in [0.5, 0.6) is 0 Å². The summed E-state index contributed by atoms with van der Waals surface area (Å²) in [5.41, 5.74) is 12.6. The van der Waals surface area contributed by atoms with Crippen LogP contribution in [0.1, 0.15) is 119 Å². The molecule has 3 aliphatic carbocycles. The van der Waals surface area contributed by atoms with Crippen molar-refractivity contribution in [2.45, 2.75) is 102 Å². The fraction of sp³-hybridized carbons (Fsp3) is 0.400. The fourth-order valence-electron chi connectivity index (χ4n) is 8.20. The van der Waals surface area contributed by atoms with Gasteiger partial charge in [-0.1, -0.05) is 107 Å². The van der Waals surface area contributed by atoms with Crippen molar-refractivity contribution in [3.05, 3.63) is 113 Å². The van der Waals surface area contributed by atoms with Gasteiger partial charge < -0.3 is 4.90 Å². The summed E-state index contributed by atoms with van der Waals surface area (Å²) in [6.45, 7) is 4.77. The van der Waals surface area contributed by atoms with Crippen LogP contribution in [0.4, 0.5) is 17.1 Å². The van der Waals surface area contributed by atoms with Crippen molar-refractivity contribution in [1.29, 1.82) is 0 Å². The van der Waals surface area contributed by atoms with Crippen molar-refractivity contribution in [1.82, 2.24) is 0 Å². The van der Waals surface area contributed by atoms with Crippen molar-refractivity contribution in [3.8, 4) is 11.1 Å². The van der Waals surface area contributed by atoms with Gasteiger partial charge in [-0.25, -0.2) is 0 Å². The van der Waals surface area contributed by atoms with E-state index in [9.17, 15) is 0 Å². The van der Waals surface area contributed by atoms with E-state index in [0.29, 0.717) is 0 Å². The standard InChI is InChI=1S/C40H45N/c1-3-40(2)38-17-11-10-16-36(38)37-27-26-35(28-39(37)40)41(33-22-18-31(19-23-33)29-12-6-4-7-13-29)34-24-20-32(21-25-34)30-14-8-5-9-15-30/h10-11,16-30H,3-9,12-15H2,1-2H3. The van der Waals surface area contributed by atoms with E-state index >= 15 is 0 Å². The van der Waals surface area contributed by atoms with Crippen LogP contribution in [0.3, 0.4) is 0 Å². The number of fused-ring (bicyclic) bond motifs is 3. The predicted molar refractivity (Wildman–Crippen MR) is 175 cm³/mol. The summed E-state index contributed by atoms with van der Waals surface area (Å²) in [5, 5.41) is 0. The smallest absolute Gasteiger partial charge is 0.0465 e. The molecule has 0 saturated heterocycles. The van der Waals surface area contributed by atoms with Gasteiger partial charge in [0.15, 0.2) is 0 Å². The maximum atomic E-state index is 2.49. The Morgan fingerprint density at radius 1 is 0.561 bits per heavy atom. The van der Waals surface area contributed by atoms with Gasteiger partial charge in [0.05, 0.1) is 0 Å². The van der Waals surface area contributed by atoms with E-state index in [4.69, 9.17) is 0 Å². The summed E-state index contributed by atoms with van der Waals surface area (Å²) in [5.74, 6) is 1.45. The van der Waals surface area contributed by atoms with Gasteiger partial charge >= 0.3 is 0 Å². The van der Waals surface area contributed by atoms with E-state index in [1.54, 1.807) is 0 Å². The number of benzene rings is 4. The van der Waals surface area contributed by atoms with Gasteiger partial charge in [-0.15, -0.1) is 0 Å². The molecule has 4 aromatic carbocycles. The number of anilines is 3. The molecule has 1 atom stereocenters. The predicted octanol–water partition coefficient (Wildman–Crippen LogP) is 11.9. The Morgan fingerprint density at radius 3 is 1.59 bits per heavy atom. The first-order chi connectivity index (χ1) is 20.2. The highest BCUT2D eigenvalue weighted by Gasteiger charge is 2.38. The number of rotatable bonds is 6. The second-order valence-electron chi connectivity index (χ2n) is 13.1. The maximum absolute atomic E-state index is 2.49. The lowest BCUT2D eigenvalue weighted by atomic mass is 9.78. The minimum atomic E-state index is 0.0310. The number of nitrogens with zero attached hydrogens (tertiary/aromatic N) is 1. The molecule has 0 bridgehead atoms. The van der Waals surface area contributed by atoms with E-state index in [2.05, 4.69) is 110 Å². The van der Waals surface area contributed by atoms with E-state index in [1.807, 2.05) is 0 Å². The third-order valence-electron chi connectivity index (χ3n) is 10.8. The van der Waals surface area contributed by atoms with Crippen LogP contribution in [0.2, 0.25) is 0 Å². The molecule has 41 heavy (non-hydrogen) atoms. The largest absolute Gasteiger partial charge is 0.310 e. The zero-order chi connectivity index (χ0) is 27.8. The fourth-order valence-corrected chi connectivity index (χ4v) is 8.20. The first kappa shape index (κ1) is 26.6. The van der Waals surface area contributed by atoms with Crippen molar-refractivity contribution in [2.75, 3.05) is 4.90 Å². The molecule has 4 aromatic rings. The molecule has 210 valence electrons. The maximum Gasteiger partial charge on any atom is 0.0465 e. The zero-order valence-corrected chi connectivity index (χ0v) is 25.0. The Bertz CT molecular complexity index is 1420. The van der Waals surface area contributed by atoms with Gasteiger partial charge in [-0.3, -0.25) is 0 Å². The normalized spacial score (nSPS) is 20.9. The Morgan fingerprint density at radius 2 is 1.05 bits per heavy atom. The van der Waals surface area contributed by atoms with Gasteiger partial charge in [-0.05, 0) is 114 Å². The third kappa shape index (κ3) is 4.82. The molecule has 7 rings (SSSR count). The summed E-state index contributed by atoms with van der Waals surface area (Å²) >= 11 is 0. The van der Waals surface area contributed by atoms with Gasteiger partial charge in [0.1, 0.15) is 0 Å². The highest BCUT2D eigenvalue weighted by atomic mass is 15.1. The molecule has 0 amide bonds. The number of hydrogen-bond donors (Lipinski definition) is 0. The molecule has 1 heteroatoms. The molecule has 1 unspecified atom stereocenters. The molecular formula is C40H45N. The van der Waals surface area contributed by atoms with Crippen molar-refractivity contribution in [2.24, 2.45) is 0 Å². The monoisotopic (exact) mass is 539 g/mol.